The van der Waals surface area contributed by atoms with Gasteiger partial charge in [-0.2, -0.15) is 9.61 Å². The van der Waals surface area contributed by atoms with E-state index < -0.39 is 0 Å². The number of aromatic nitrogens is 3. The molecule has 2 aromatic heterocycles. The van der Waals surface area contributed by atoms with Crippen LogP contribution in [0.3, 0.4) is 0 Å². The van der Waals surface area contributed by atoms with Crippen LogP contribution in [-0.4, -0.2) is 51.6 Å². The predicted octanol–water partition coefficient (Wildman–Crippen LogP) is 3.30. The molecule has 146 valence electrons. The van der Waals surface area contributed by atoms with Crippen molar-refractivity contribution in [2.24, 2.45) is 0 Å². The molecule has 0 aliphatic carbocycles. The molecule has 6 heteroatoms. The van der Waals surface area contributed by atoms with E-state index in [4.69, 9.17) is 10.1 Å². The van der Waals surface area contributed by atoms with E-state index in [-0.39, 0.29) is 5.91 Å². The van der Waals surface area contributed by atoms with Crippen molar-refractivity contribution in [2.75, 3.05) is 31.1 Å². The lowest BCUT2D eigenvalue weighted by Crippen LogP contribution is -2.48. The van der Waals surface area contributed by atoms with Crippen molar-refractivity contribution < 1.29 is 4.79 Å². The molecule has 1 saturated heterocycles. The Morgan fingerprint density at radius 3 is 2.18 bits per heavy atom. The van der Waals surface area contributed by atoms with Crippen LogP contribution in [0.2, 0.25) is 0 Å². The van der Waals surface area contributed by atoms with Crippen molar-refractivity contribution in [3.8, 4) is 11.1 Å². The summed E-state index contributed by atoms with van der Waals surface area (Å²) in [4.78, 5) is 20.8. The summed E-state index contributed by atoms with van der Waals surface area (Å²) in [5.74, 6) is 1.23. The maximum absolute atomic E-state index is 11.7. The fraction of sp³-hybridized carbons (Fsp3) is 0.409. The second-order valence-electron chi connectivity index (χ2n) is 7.70. The molecule has 1 aliphatic rings. The molecule has 0 spiro atoms. The number of rotatable bonds is 2. The molecule has 0 atom stereocenters. The first-order chi connectivity index (χ1) is 13.4. The third-order valence-corrected chi connectivity index (χ3v) is 5.75. The third kappa shape index (κ3) is 3.03. The van der Waals surface area contributed by atoms with Crippen molar-refractivity contribution in [2.45, 2.75) is 34.6 Å². The average molecular weight is 377 g/mol. The van der Waals surface area contributed by atoms with Crippen LogP contribution in [0.25, 0.3) is 16.8 Å². The molecule has 0 bridgehead atoms. The number of benzene rings is 1. The monoisotopic (exact) mass is 377 g/mol. The number of anilines is 1. The Bertz CT molecular complexity index is 1040. The summed E-state index contributed by atoms with van der Waals surface area (Å²) in [7, 11) is 0. The first kappa shape index (κ1) is 18.5. The third-order valence-electron chi connectivity index (χ3n) is 5.75. The summed E-state index contributed by atoms with van der Waals surface area (Å²) in [6.07, 6.45) is 0. The number of aryl methyl sites for hydroxylation is 3. The van der Waals surface area contributed by atoms with E-state index in [1.807, 2.05) is 16.3 Å². The first-order valence-electron chi connectivity index (χ1n) is 9.81. The summed E-state index contributed by atoms with van der Waals surface area (Å²) < 4.78 is 2.00. The van der Waals surface area contributed by atoms with Crippen LogP contribution in [0.4, 0.5) is 5.82 Å². The van der Waals surface area contributed by atoms with Gasteiger partial charge in [0.15, 0.2) is 5.65 Å². The van der Waals surface area contributed by atoms with Crippen LogP contribution < -0.4 is 4.90 Å². The number of hydrogen-bond donors (Lipinski definition) is 0. The number of carbonyl (C=O) groups is 1. The quantitative estimate of drug-likeness (QED) is 0.688. The second kappa shape index (κ2) is 6.93. The Morgan fingerprint density at radius 2 is 1.57 bits per heavy atom. The van der Waals surface area contributed by atoms with E-state index in [2.05, 4.69) is 49.9 Å². The number of fused-ring (bicyclic) bond motifs is 1. The highest BCUT2D eigenvalue weighted by molar-refractivity contribution is 5.81. The van der Waals surface area contributed by atoms with Gasteiger partial charge in [-0.1, -0.05) is 29.8 Å². The average Bonchev–Trinajstić information content (AvgIpc) is 2.99. The summed E-state index contributed by atoms with van der Waals surface area (Å²) in [5.41, 5.74) is 7.50. The molecule has 1 aliphatic heterocycles. The molecular formula is C22H27N5O. The van der Waals surface area contributed by atoms with Gasteiger partial charge in [0.25, 0.3) is 0 Å². The van der Waals surface area contributed by atoms with Crippen LogP contribution in [0.15, 0.2) is 24.3 Å². The van der Waals surface area contributed by atoms with Crippen LogP contribution in [-0.2, 0) is 4.79 Å². The molecule has 1 amide bonds. The fourth-order valence-corrected chi connectivity index (χ4v) is 3.99. The Labute approximate surface area is 165 Å². The highest BCUT2D eigenvalue weighted by Gasteiger charge is 2.25. The topological polar surface area (TPSA) is 53.7 Å². The fourth-order valence-electron chi connectivity index (χ4n) is 3.99. The van der Waals surface area contributed by atoms with Crippen molar-refractivity contribution in [3.05, 3.63) is 46.8 Å². The largest absolute Gasteiger partial charge is 0.353 e. The standard InChI is InChI=1S/C22H27N5O/c1-14-6-8-19(9-7-14)20-17(4)24-27-21(20)23-16(3)15(2)22(27)26-12-10-25(11-13-26)18(5)28/h6-9H,10-13H2,1-5H3. The molecule has 1 aromatic carbocycles. The Morgan fingerprint density at radius 1 is 0.929 bits per heavy atom. The zero-order valence-corrected chi connectivity index (χ0v) is 17.3. The molecule has 3 heterocycles. The molecule has 1 fully saturated rings. The van der Waals surface area contributed by atoms with Gasteiger partial charge in [0, 0.05) is 49.9 Å². The zero-order chi connectivity index (χ0) is 20.0. The normalized spacial score (nSPS) is 14.8. The maximum atomic E-state index is 11.7. The van der Waals surface area contributed by atoms with E-state index in [0.29, 0.717) is 0 Å². The molecule has 0 saturated carbocycles. The summed E-state index contributed by atoms with van der Waals surface area (Å²) >= 11 is 0. The molecule has 3 aromatic rings. The lowest BCUT2D eigenvalue weighted by atomic mass is 10.0. The van der Waals surface area contributed by atoms with Gasteiger partial charge in [0.05, 0.1) is 5.69 Å². The van der Waals surface area contributed by atoms with Crippen molar-refractivity contribution in [1.29, 1.82) is 0 Å². The van der Waals surface area contributed by atoms with Gasteiger partial charge >= 0.3 is 0 Å². The van der Waals surface area contributed by atoms with E-state index in [0.717, 1.165) is 65.7 Å². The number of hydrogen-bond acceptors (Lipinski definition) is 4. The molecule has 0 radical (unpaired) electrons. The maximum Gasteiger partial charge on any atom is 0.219 e. The van der Waals surface area contributed by atoms with Crippen molar-refractivity contribution >= 4 is 17.4 Å². The van der Waals surface area contributed by atoms with Gasteiger partial charge in [0.1, 0.15) is 5.82 Å². The number of amides is 1. The van der Waals surface area contributed by atoms with Crippen LogP contribution in [0.1, 0.15) is 29.4 Å². The lowest BCUT2D eigenvalue weighted by molar-refractivity contribution is -0.129. The predicted molar refractivity (Wildman–Crippen MR) is 112 cm³/mol. The number of piperazine rings is 1. The number of carbonyl (C=O) groups excluding carboxylic acids is 1. The van der Waals surface area contributed by atoms with Gasteiger partial charge in [0.2, 0.25) is 5.91 Å². The Balaban J connectivity index is 1.84. The van der Waals surface area contributed by atoms with Crippen molar-refractivity contribution in [1.82, 2.24) is 19.5 Å². The first-order valence-corrected chi connectivity index (χ1v) is 9.81. The summed E-state index contributed by atoms with van der Waals surface area (Å²) in [5, 5.41) is 4.88. The Hall–Kier alpha value is -2.89. The van der Waals surface area contributed by atoms with Gasteiger partial charge < -0.3 is 9.80 Å². The molecule has 28 heavy (non-hydrogen) atoms. The summed E-state index contributed by atoms with van der Waals surface area (Å²) in [6.45, 7) is 13.0. The lowest BCUT2D eigenvalue weighted by Gasteiger charge is -2.36. The molecular weight excluding hydrogens is 350 g/mol. The van der Waals surface area contributed by atoms with Crippen LogP contribution >= 0.6 is 0 Å². The SMILES string of the molecule is CC(=O)N1CCN(c2c(C)c(C)nc3c(-c4ccc(C)cc4)c(C)nn23)CC1. The molecule has 0 unspecified atom stereocenters. The molecule has 4 rings (SSSR count). The van der Waals surface area contributed by atoms with Gasteiger partial charge in [-0.3, -0.25) is 4.79 Å². The van der Waals surface area contributed by atoms with E-state index in [1.54, 1.807) is 6.92 Å². The van der Waals surface area contributed by atoms with E-state index in [1.165, 1.54) is 5.56 Å². The minimum atomic E-state index is 0.143. The van der Waals surface area contributed by atoms with Gasteiger partial charge in [-0.15, -0.1) is 0 Å². The highest BCUT2D eigenvalue weighted by atomic mass is 16.2. The minimum Gasteiger partial charge on any atom is -0.353 e. The van der Waals surface area contributed by atoms with E-state index in [9.17, 15) is 4.79 Å². The van der Waals surface area contributed by atoms with Gasteiger partial charge in [-0.25, -0.2) is 4.98 Å². The second-order valence-corrected chi connectivity index (χ2v) is 7.70. The van der Waals surface area contributed by atoms with Crippen LogP contribution in [0.5, 0.6) is 0 Å². The number of nitrogens with zero attached hydrogens (tertiary/aromatic N) is 5. The Kier molecular flexibility index (Phi) is 4.57. The van der Waals surface area contributed by atoms with Gasteiger partial charge in [-0.05, 0) is 33.3 Å². The van der Waals surface area contributed by atoms with Crippen LogP contribution in [0, 0.1) is 27.7 Å². The molecule has 6 nitrogen and oxygen atoms in total. The zero-order valence-electron chi connectivity index (χ0n) is 17.3. The minimum absolute atomic E-state index is 0.143. The summed E-state index contributed by atoms with van der Waals surface area (Å²) in [6, 6.07) is 8.53. The smallest absolute Gasteiger partial charge is 0.219 e. The molecule has 0 N–H and O–H groups in total. The van der Waals surface area contributed by atoms with Crippen molar-refractivity contribution in [3.63, 3.8) is 0 Å². The highest BCUT2D eigenvalue weighted by Crippen LogP contribution is 2.32. The van der Waals surface area contributed by atoms with E-state index >= 15 is 0 Å².